The van der Waals surface area contributed by atoms with Gasteiger partial charge in [0.05, 0.1) is 13.0 Å². The van der Waals surface area contributed by atoms with E-state index in [1.54, 1.807) is 43.0 Å². The van der Waals surface area contributed by atoms with Gasteiger partial charge in [0, 0.05) is 30.1 Å². The number of nitrogens with one attached hydrogen (secondary N) is 1. The minimum atomic E-state index is -0.425. The molecule has 0 radical (unpaired) electrons. The van der Waals surface area contributed by atoms with Gasteiger partial charge in [-0.3, -0.25) is 9.59 Å². The number of aromatic nitrogens is 1. The Labute approximate surface area is 146 Å². The molecule has 6 nitrogen and oxygen atoms in total. The van der Waals surface area contributed by atoms with Crippen LogP contribution in [0.4, 0.5) is 0 Å². The van der Waals surface area contributed by atoms with E-state index in [2.05, 4.69) is 10.3 Å². The van der Waals surface area contributed by atoms with E-state index >= 15 is 0 Å². The Morgan fingerprint density at radius 3 is 3.04 bits per heavy atom. The van der Waals surface area contributed by atoms with Gasteiger partial charge in [0.15, 0.2) is 0 Å². The zero-order valence-electron chi connectivity index (χ0n) is 14.2. The monoisotopic (exact) mass is 349 g/mol. The fourth-order valence-corrected chi connectivity index (χ4v) is 3.61. The third-order valence-electron chi connectivity index (χ3n) is 3.77. The fourth-order valence-electron chi connectivity index (χ4n) is 2.46. The van der Waals surface area contributed by atoms with Crippen LogP contribution in [-0.4, -0.2) is 46.5 Å². The van der Waals surface area contributed by atoms with Gasteiger partial charge in [-0.2, -0.15) is 0 Å². The SMILES string of the molecule is CC/C=C(\C)C(=O)N1CSCC1C(=O)NCc1ccnc(OC)c1. The highest BCUT2D eigenvalue weighted by Gasteiger charge is 2.34. The van der Waals surface area contributed by atoms with Gasteiger partial charge in [0.25, 0.3) is 5.91 Å². The Kier molecular flexibility index (Phi) is 6.66. The summed E-state index contributed by atoms with van der Waals surface area (Å²) < 4.78 is 5.07. The molecule has 24 heavy (non-hydrogen) atoms. The Hall–Kier alpha value is -2.02. The fraction of sp³-hybridized carbons (Fsp3) is 0.471. The van der Waals surface area contributed by atoms with Gasteiger partial charge in [-0.05, 0) is 25.0 Å². The molecule has 0 aromatic carbocycles. The first-order chi connectivity index (χ1) is 11.6. The third kappa shape index (κ3) is 4.50. The summed E-state index contributed by atoms with van der Waals surface area (Å²) in [6.45, 7) is 4.17. The van der Waals surface area contributed by atoms with Gasteiger partial charge in [-0.1, -0.05) is 13.0 Å². The second-order valence-corrected chi connectivity index (χ2v) is 6.51. The summed E-state index contributed by atoms with van der Waals surface area (Å²) in [6.07, 6.45) is 4.34. The molecule has 130 valence electrons. The lowest BCUT2D eigenvalue weighted by molar-refractivity contribution is -0.135. The maximum Gasteiger partial charge on any atom is 0.250 e. The van der Waals surface area contributed by atoms with Crippen molar-refractivity contribution < 1.29 is 14.3 Å². The van der Waals surface area contributed by atoms with Gasteiger partial charge < -0.3 is 15.0 Å². The van der Waals surface area contributed by atoms with Crippen molar-refractivity contribution in [1.82, 2.24) is 15.2 Å². The van der Waals surface area contributed by atoms with Gasteiger partial charge in [-0.15, -0.1) is 11.8 Å². The van der Waals surface area contributed by atoms with Crippen molar-refractivity contribution in [1.29, 1.82) is 0 Å². The maximum atomic E-state index is 12.5. The Morgan fingerprint density at radius 1 is 1.54 bits per heavy atom. The Balaban J connectivity index is 1.97. The van der Waals surface area contributed by atoms with Crippen LogP contribution in [0.15, 0.2) is 30.0 Å². The highest BCUT2D eigenvalue weighted by molar-refractivity contribution is 7.99. The number of pyridine rings is 1. The second-order valence-electron chi connectivity index (χ2n) is 5.51. The van der Waals surface area contributed by atoms with E-state index in [1.807, 2.05) is 19.1 Å². The molecule has 0 aliphatic carbocycles. The molecule has 1 aromatic heterocycles. The summed E-state index contributed by atoms with van der Waals surface area (Å²) in [5.74, 6) is 1.49. The Morgan fingerprint density at radius 2 is 2.33 bits per heavy atom. The number of hydrogen-bond acceptors (Lipinski definition) is 5. The summed E-state index contributed by atoms with van der Waals surface area (Å²) in [7, 11) is 1.55. The number of carbonyl (C=O) groups excluding carboxylic acids is 2. The molecule has 1 aliphatic heterocycles. The lowest BCUT2D eigenvalue weighted by Gasteiger charge is -2.23. The normalized spacial score (nSPS) is 17.7. The van der Waals surface area contributed by atoms with Crippen LogP contribution in [0.5, 0.6) is 5.88 Å². The standard InChI is InChI=1S/C17H23N3O3S/c1-4-5-12(2)17(22)20-11-24-10-14(20)16(21)19-9-13-6-7-18-15(8-13)23-3/h5-8,14H,4,9-11H2,1-3H3,(H,19,21)/b12-5+. The van der Waals surface area contributed by atoms with E-state index in [-0.39, 0.29) is 11.8 Å². The summed E-state index contributed by atoms with van der Waals surface area (Å²) in [4.78, 5) is 30.6. The summed E-state index contributed by atoms with van der Waals surface area (Å²) >= 11 is 1.60. The predicted octanol–water partition coefficient (Wildman–Crippen LogP) is 1.96. The molecule has 1 atom stereocenters. The average Bonchev–Trinajstić information content (AvgIpc) is 3.09. The molecule has 2 rings (SSSR count). The molecule has 1 fully saturated rings. The van der Waals surface area contributed by atoms with Gasteiger partial charge >= 0.3 is 0 Å². The number of ether oxygens (including phenoxy) is 1. The zero-order chi connectivity index (χ0) is 17.5. The molecule has 0 saturated carbocycles. The lowest BCUT2D eigenvalue weighted by Crippen LogP contribution is -2.47. The van der Waals surface area contributed by atoms with Crippen molar-refractivity contribution >= 4 is 23.6 Å². The van der Waals surface area contributed by atoms with Crippen molar-refractivity contribution in [3.8, 4) is 5.88 Å². The average molecular weight is 349 g/mol. The van der Waals surface area contributed by atoms with Crippen molar-refractivity contribution in [2.24, 2.45) is 0 Å². The van der Waals surface area contributed by atoms with Crippen LogP contribution < -0.4 is 10.1 Å². The molecule has 2 amide bonds. The zero-order valence-corrected chi connectivity index (χ0v) is 15.1. The second kappa shape index (κ2) is 8.73. The quantitative estimate of drug-likeness (QED) is 0.795. The maximum absolute atomic E-state index is 12.5. The first-order valence-electron chi connectivity index (χ1n) is 7.89. The van der Waals surface area contributed by atoms with Gasteiger partial charge in [-0.25, -0.2) is 4.98 Å². The topological polar surface area (TPSA) is 71.5 Å². The first-order valence-corrected chi connectivity index (χ1v) is 9.04. The van der Waals surface area contributed by atoms with E-state index < -0.39 is 6.04 Å². The van der Waals surface area contributed by atoms with Gasteiger partial charge in [0.2, 0.25) is 11.8 Å². The highest BCUT2D eigenvalue weighted by atomic mass is 32.2. The van der Waals surface area contributed by atoms with Crippen LogP contribution in [0.25, 0.3) is 0 Å². The molecule has 0 spiro atoms. The molecule has 7 heteroatoms. The molecule has 0 bridgehead atoms. The molecule has 1 aromatic rings. The van der Waals surface area contributed by atoms with Crippen molar-refractivity contribution in [2.45, 2.75) is 32.9 Å². The minimum Gasteiger partial charge on any atom is -0.481 e. The highest BCUT2D eigenvalue weighted by Crippen LogP contribution is 2.23. The molecule has 1 saturated heterocycles. The summed E-state index contributed by atoms with van der Waals surface area (Å²) in [6, 6.07) is 3.18. The van der Waals surface area contributed by atoms with E-state index in [9.17, 15) is 9.59 Å². The number of rotatable bonds is 6. The van der Waals surface area contributed by atoms with Crippen molar-refractivity contribution in [3.63, 3.8) is 0 Å². The van der Waals surface area contributed by atoms with Crippen LogP contribution in [0.1, 0.15) is 25.8 Å². The number of nitrogens with zero attached hydrogens (tertiary/aromatic N) is 2. The van der Waals surface area contributed by atoms with Gasteiger partial charge in [0.1, 0.15) is 6.04 Å². The Bertz CT molecular complexity index is 633. The molecule has 1 aliphatic rings. The van der Waals surface area contributed by atoms with Crippen LogP contribution in [0.2, 0.25) is 0 Å². The summed E-state index contributed by atoms with van der Waals surface area (Å²) in [5.41, 5.74) is 1.59. The first kappa shape index (κ1) is 18.3. The minimum absolute atomic E-state index is 0.0624. The summed E-state index contributed by atoms with van der Waals surface area (Å²) in [5, 5.41) is 2.90. The predicted molar refractivity (Wildman–Crippen MR) is 94.6 cm³/mol. The number of hydrogen-bond donors (Lipinski definition) is 1. The number of allylic oxidation sites excluding steroid dienone is 1. The largest absolute Gasteiger partial charge is 0.481 e. The number of carbonyl (C=O) groups is 2. The van der Waals surface area contributed by atoms with Crippen molar-refractivity contribution in [2.75, 3.05) is 18.7 Å². The van der Waals surface area contributed by atoms with E-state index in [4.69, 9.17) is 4.74 Å². The molecular weight excluding hydrogens is 326 g/mol. The lowest BCUT2D eigenvalue weighted by atomic mass is 10.2. The van der Waals surface area contributed by atoms with Crippen LogP contribution in [0, 0.1) is 0 Å². The smallest absolute Gasteiger partial charge is 0.250 e. The number of methoxy groups -OCH3 is 1. The number of thioether (sulfide) groups is 1. The van der Waals surface area contributed by atoms with Crippen LogP contribution in [-0.2, 0) is 16.1 Å². The van der Waals surface area contributed by atoms with Crippen LogP contribution >= 0.6 is 11.8 Å². The van der Waals surface area contributed by atoms with E-state index in [1.165, 1.54) is 0 Å². The molecule has 1 N–H and O–H groups in total. The molecule has 2 heterocycles. The van der Waals surface area contributed by atoms with E-state index in [0.717, 1.165) is 12.0 Å². The molecule has 1 unspecified atom stereocenters. The number of amides is 2. The molecular formula is C17H23N3O3S. The third-order valence-corrected chi connectivity index (χ3v) is 4.78. The van der Waals surface area contributed by atoms with E-state index in [0.29, 0.717) is 29.6 Å². The van der Waals surface area contributed by atoms with Crippen molar-refractivity contribution in [3.05, 3.63) is 35.5 Å². The van der Waals surface area contributed by atoms with Crippen LogP contribution in [0.3, 0.4) is 0 Å².